The molecule has 1 saturated heterocycles. The minimum absolute atomic E-state index is 0.107. The van der Waals surface area contributed by atoms with E-state index in [1.807, 2.05) is 18.2 Å². The van der Waals surface area contributed by atoms with E-state index in [0.717, 1.165) is 42.6 Å². The molecule has 2 aliphatic heterocycles. The summed E-state index contributed by atoms with van der Waals surface area (Å²) in [6.45, 7) is 6.69. The molecular formula is C21H25ClN2O3. The lowest BCUT2D eigenvalue weighted by molar-refractivity contribution is 0.0696. The van der Waals surface area contributed by atoms with Crippen molar-refractivity contribution in [3.63, 3.8) is 0 Å². The van der Waals surface area contributed by atoms with Crippen LogP contribution in [-0.2, 0) is 13.1 Å². The highest BCUT2D eigenvalue weighted by Gasteiger charge is 2.24. The van der Waals surface area contributed by atoms with Gasteiger partial charge in [0.25, 0.3) is 5.91 Å². The number of carbonyl (C=O) groups is 1. The van der Waals surface area contributed by atoms with Gasteiger partial charge in [0, 0.05) is 17.1 Å². The van der Waals surface area contributed by atoms with E-state index in [1.165, 1.54) is 12.8 Å². The zero-order chi connectivity index (χ0) is 18.8. The second-order valence-corrected chi connectivity index (χ2v) is 7.99. The monoisotopic (exact) mass is 388 g/mol. The lowest BCUT2D eigenvalue weighted by Crippen LogP contribution is -2.32. The lowest BCUT2D eigenvalue weighted by Gasteiger charge is -2.29. The summed E-state index contributed by atoms with van der Waals surface area (Å²) in [5, 5.41) is 0.641. The number of hydrogen-bond donors (Lipinski definition) is 0. The number of carbonyl (C=O) groups excluding carboxylic acids is 1. The molecule has 0 aliphatic carbocycles. The van der Waals surface area contributed by atoms with Crippen molar-refractivity contribution in [3.8, 4) is 5.75 Å². The third kappa shape index (κ3) is 4.30. The minimum Gasteiger partial charge on any atom is -0.491 e. The summed E-state index contributed by atoms with van der Waals surface area (Å²) in [6.07, 6.45) is 2.45. The van der Waals surface area contributed by atoms with E-state index < -0.39 is 0 Å². The van der Waals surface area contributed by atoms with Gasteiger partial charge in [0.05, 0.1) is 13.1 Å². The third-order valence-electron chi connectivity index (χ3n) is 5.42. The normalized spacial score (nSPS) is 18.7. The average Bonchev–Trinajstić information content (AvgIpc) is 3.02. The highest BCUT2D eigenvalue weighted by atomic mass is 35.5. The molecule has 2 aromatic rings. The van der Waals surface area contributed by atoms with Gasteiger partial charge >= 0.3 is 0 Å². The summed E-state index contributed by atoms with van der Waals surface area (Å²) in [5.74, 6) is 2.72. The predicted octanol–water partition coefficient (Wildman–Crippen LogP) is 4.20. The molecule has 0 unspecified atom stereocenters. The molecule has 6 heteroatoms. The van der Waals surface area contributed by atoms with Crippen LogP contribution in [0.2, 0.25) is 5.02 Å². The fourth-order valence-electron chi connectivity index (χ4n) is 3.71. The number of amides is 1. The number of halogens is 1. The number of ether oxygens (including phenoxy) is 1. The van der Waals surface area contributed by atoms with E-state index in [1.54, 1.807) is 17.0 Å². The van der Waals surface area contributed by atoms with Gasteiger partial charge in [-0.2, -0.15) is 0 Å². The maximum atomic E-state index is 12.9. The highest BCUT2D eigenvalue weighted by molar-refractivity contribution is 6.30. The van der Waals surface area contributed by atoms with Crippen molar-refractivity contribution in [1.82, 2.24) is 9.80 Å². The zero-order valence-electron chi connectivity index (χ0n) is 15.6. The van der Waals surface area contributed by atoms with Gasteiger partial charge < -0.3 is 14.1 Å². The molecule has 3 heterocycles. The van der Waals surface area contributed by atoms with Crippen LogP contribution >= 0.6 is 11.6 Å². The summed E-state index contributed by atoms with van der Waals surface area (Å²) >= 11 is 6.10. The molecule has 1 aromatic carbocycles. The first-order valence-electron chi connectivity index (χ1n) is 9.60. The van der Waals surface area contributed by atoms with Gasteiger partial charge in [0.2, 0.25) is 0 Å². The molecule has 0 radical (unpaired) electrons. The first-order valence-corrected chi connectivity index (χ1v) is 9.98. The van der Waals surface area contributed by atoms with E-state index in [4.69, 9.17) is 20.8 Å². The summed E-state index contributed by atoms with van der Waals surface area (Å²) in [5.41, 5.74) is 0.919. The van der Waals surface area contributed by atoms with Crippen LogP contribution in [0.4, 0.5) is 0 Å². The molecule has 5 nitrogen and oxygen atoms in total. The van der Waals surface area contributed by atoms with Crippen molar-refractivity contribution in [3.05, 3.63) is 52.4 Å². The second-order valence-electron chi connectivity index (χ2n) is 7.55. The maximum Gasteiger partial charge on any atom is 0.289 e. The number of piperidine rings is 1. The van der Waals surface area contributed by atoms with E-state index in [-0.39, 0.29) is 5.91 Å². The maximum absolute atomic E-state index is 12.9. The molecule has 0 N–H and O–H groups in total. The number of fused-ring (bicyclic) bond motifs is 1. The molecule has 27 heavy (non-hydrogen) atoms. The van der Waals surface area contributed by atoms with Crippen LogP contribution in [0.5, 0.6) is 5.75 Å². The van der Waals surface area contributed by atoms with E-state index in [2.05, 4.69) is 11.8 Å². The number of likely N-dealkylation sites (tertiary alicyclic amines) is 1. The molecule has 1 fully saturated rings. The van der Waals surface area contributed by atoms with Gasteiger partial charge in [0.15, 0.2) is 5.76 Å². The summed E-state index contributed by atoms with van der Waals surface area (Å²) in [6, 6.07) is 9.22. The van der Waals surface area contributed by atoms with E-state index >= 15 is 0 Å². The quantitative estimate of drug-likeness (QED) is 0.790. The Morgan fingerprint density at radius 2 is 2.00 bits per heavy atom. The summed E-state index contributed by atoms with van der Waals surface area (Å²) in [4.78, 5) is 17.1. The molecule has 0 atom stereocenters. The highest BCUT2D eigenvalue weighted by Crippen LogP contribution is 2.27. The Labute approximate surface area is 164 Å². The van der Waals surface area contributed by atoms with Crippen molar-refractivity contribution in [1.29, 1.82) is 0 Å². The average molecular weight is 389 g/mol. The number of benzene rings is 1. The lowest BCUT2D eigenvalue weighted by atomic mass is 9.99. The smallest absolute Gasteiger partial charge is 0.289 e. The Kier molecular flexibility index (Phi) is 5.41. The van der Waals surface area contributed by atoms with Gasteiger partial charge in [0.1, 0.15) is 18.1 Å². The number of rotatable bonds is 3. The number of nitrogens with zero attached hydrogens (tertiary/aromatic N) is 2. The number of hydrogen-bond acceptors (Lipinski definition) is 4. The summed E-state index contributed by atoms with van der Waals surface area (Å²) < 4.78 is 11.6. The predicted molar refractivity (Wildman–Crippen MR) is 104 cm³/mol. The largest absolute Gasteiger partial charge is 0.491 e. The molecule has 0 spiro atoms. The van der Waals surface area contributed by atoms with Crippen molar-refractivity contribution < 1.29 is 13.9 Å². The molecular weight excluding hydrogens is 364 g/mol. The molecule has 2 aliphatic rings. The van der Waals surface area contributed by atoms with Crippen molar-refractivity contribution in [2.24, 2.45) is 5.92 Å². The van der Waals surface area contributed by atoms with E-state index in [0.29, 0.717) is 30.5 Å². The second kappa shape index (κ2) is 7.95. The van der Waals surface area contributed by atoms with Gasteiger partial charge in [-0.3, -0.25) is 9.69 Å². The van der Waals surface area contributed by atoms with Gasteiger partial charge in [-0.1, -0.05) is 18.5 Å². The molecule has 144 valence electrons. The first kappa shape index (κ1) is 18.4. The fraction of sp³-hybridized carbons (Fsp3) is 0.476. The molecule has 1 aromatic heterocycles. The van der Waals surface area contributed by atoms with Crippen LogP contribution in [-0.4, -0.2) is 41.9 Å². The van der Waals surface area contributed by atoms with Crippen LogP contribution in [0.1, 0.15) is 41.6 Å². The zero-order valence-corrected chi connectivity index (χ0v) is 16.4. The van der Waals surface area contributed by atoms with Crippen LogP contribution in [0, 0.1) is 5.92 Å². The first-order chi connectivity index (χ1) is 13.1. The Morgan fingerprint density at radius 1 is 1.19 bits per heavy atom. The summed E-state index contributed by atoms with van der Waals surface area (Å²) in [7, 11) is 0. The van der Waals surface area contributed by atoms with Gasteiger partial charge in [-0.05, 0) is 62.2 Å². The van der Waals surface area contributed by atoms with Crippen molar-refractivity contribution in [2.45, 2.75) is 32.9 Å². The van der Waals surface area contributed by atoms with Crippen LogP contribution in [0.25, 0.3) is 0 Å². The fourth-order valence-corrected chi connectivity index (χ4v) is 3.91. The van der Waals surface area contributed by atoms with Crippen molar-refractivity contribution in [2.75, 3.05) is 26.2 Å². The SMILES string of the molecule is CC1CCN(Cc2ccc(C(=O)N3CCOc4ccc(Cl)cc4C3)o2)CC1. The van der Waals surface area contributed by atoms with Crippen LogP contribution < -0.4 is 4.74 Å². The molecule has 0 saturated carbocycles. The minimum atomic E-state index is -0.107. The third-order valence-corrected chi connectivity index (χ3v) is 5.65. The molecule has 0 bridgehead atoms. The number of furan rings is 1. The Morgan fingerprint density at radius 3 is 2.81 bits per heavy atom. The van der Waals surface area contributed by atoms with Gasteiger partial charge in [-0.15, -0.1) is 0 Å². The van der Waals surface area contributed by atoms with Crippen LogP contribution in [0.3, 0.4) is 0 Å². The topological polar surface area (TPSA) is 45.9 Å². The van der Waals surface area contributed by atoms with Crippen LogP contribution in [0.15, 0.2) is 34.7 Å². The Balaban J connectivity index is 1.43. The van der Waals surface area contributed by atoms with Crippen molar-refractivity contribution >= 4 is 17.5 Å². The molecule has 4 rings (SSSR count). The van der Waals surface area contributed by atoms with E-state index in [9.17, 15) is 4.79 Å². The Hall–Kier alpha value is -1.98. The Bertz CT molecular complexity index is 812. The molecule has 1 amide bonds. The standard InChI is InChI=1S/C21H25ClN2O3/c1-15-6-8-23(9-7-15)14-18-3-5-20(27-18)21(25)24-10-11-26-19-4-2-17(22)12-16(19)13-24/h2-5,12,15H,6-11,13-14H2,1H3. The van der Waals surface area contributed by atoms with Gasteiger partial charge in [-0.25, -0.2) is 0 Å².